The summed E-state index contributed by atoms with van der Waals surface area (Å²) in [5.74, 6) is 3.33. The second kappa shape index (κ2) is 5.61. The lowest BCUT2D eigenvalue weighted by Gasteiger charge is -2.07. The Kier molecular flexibility index (Phi) is 3.85. The van der Waals surface area contributed by atoms with Crippen LogP contribution in [0.2, 0.25) is 5.15 Å². The van der Waals surface area contributed by atoms with Gasteiger partial charge in [-0.15, -0.1) is 16.8 Å². The molecule has 2 aromatic heterocycles. The van der Waals surface area contributed by atoms with Crippen LogP contribution in [0.5, 0.6) is 0 Å². The summed E-state index contributed by atoms with van der Waals surface area (Å²) >= 11 is 7.62. The number of rotatable bonds is 6. The first-order valence-corrected chi connectivity index (χ1v) is 7.90. The van der Waals surface area contributed by atoms with Crippen LogP contribution in [0.4, 0.5) is 0 Å². The first-order valence-electron chi connectivity index (χ1n) is 6.53. The quantitative estimate of drug-likeness (QED) is 0.608. The summed E-state index contributed by atoms with van der Waals surface area (Å²) in [6.07, 6.45) is 5.99. The highest BCUT2D eigenvalue weighted by atomic mass is 35.5. The van der Waals surface area contributed by atoms with Crippen molar-refractivity contribution in [2.24, 2.45) is 7.05 Å². The zero-order chi connectivity index (χ0) is 14.1. The topological polar surface area (TPSA) is 48.5 Å². The number of thioether (sulfide) groups is 1. The summed E-state index contributed by atoms with van der Waals surface area (Å²) in [5, 5.41) is 10.2. The Morgan fingerprint density at radius 1 is 1.50 bits per heavy atom. The molecule has 106 valence electrons. The van der Waals surface area contributed by atoms with Crippen LogP contribution in [0.1, 0.15) is 30.4 Å². The predicted octanol–water partition coefficient (Wildman–Crippen LogP) is 3.02. The van der Waals surface area contributed by atoms with Gasteiger partial charge in [0.25, 0.3) is 0 Å². The summed E-state index contributed by atoms with van der Waals surface area (Å²) in [6.45, 7) is 4.57. The van der Waals surface area contributed by atoms with Crippen LogP contribution in [-0.4, -0.2) is 24.3 Å². The van der Waals surface area contributed by atoms with Gasteiger partial charge >= 0.3 is 0 Å². The number of imidazole rings is 1. The molecule has 5 nitrogen and oxygen atoms in total. The first kappa shape index (κ1) is 13.7. The third-order valence-corrected chi connectivity index (χ3v) is 4.67. The minimum atomic E-state index is 0.583. The normalized spacial score (nSPS) is 14.7. The van der Waals surface area contributed by atoms with E-state index < -0.39 is 0 Å². The molecule has 7 heteroatoms. The van der Waals surface area contributed by atoms with Crippen molar-refractivity contribution in [2.75, 3.05) is 0 Å². The maximum absolute atomic E-state index is 5.99. The fourth-order valence-electron chi connectivity index (χ4n) is 2.04. The Bertz CT molecular complexity index is 629. The van der Waals surface area contributed by atoms with Crippen molar-refractivity contribution in [1.29, 1.82) is 0 Å². The van der Waals surface area contributed by atoms with Crippen LogP contribution in [-0.2, 0) is 19.3 Å². The highest BCUT2D eigenvalue weighted by Crippen LogP contribution is 2.40. The Labute approximate surface area is 127 Å². The van der Waals surface area contributed by atoms with Gasteiger partial charge in [-0.05, 0) is 12.8 Å². The van der Waals surface area contributed by atoms with E-state index in [9.17, 15) is 0 Å². The molecule has 0 aliphatic heterocycles. The molecule has 0 spiro atoms. The molecular weight excluding hydrogens is 294 g/mol. The molecule has 0 N–H and O–H groups in total. The third-order valence-electron chi connectivity index (χ3n) is 3.36. The molecule has 0 unspecified atom stereocenters. The number of aromatic nitrogens is 5. The predicted molar refractivity (Wildman–Crippen MR) is 80.0 cm³/mol. The molecular formula is C13H16ClN5S. The molecule has 0 bridgehead atoms. The SMILES string of the molecule is C=CCn1c(SCc2ncc(Cl)n2C)nnc1C1CC1. The fourth-order valence-corrected chi connectivity index (χ4v) is 3.13. The van der Waals surface area contributed by atoms with Crippen LogP contribution in [0, 0.1) is 0 Å². The van der Waals surface area contributed by atoms with Crippen molar-refractivity contribution in [3.63, 3.8) is 0 Å². The molecule has 1 aliphatic rings. The number of hydrogen-bond acceptors (Lipinski definition) is 4. The molecule has 20 heavy (non-hydrogen) atoms. The van der Waals surface area contributed by atoms with Gasteiger partial charge in [0.15, 0.2) is 5.16 Å². The number of halogens is 1. The molecule has 3 rings (SSSR count). The van der Waals surface area contributed by atoms with Gasteiger partial charge in [-0.3, -0.25) is 0 Å². The second-order valence-corrected chi connectivity index (χ2v) is 6.19. The summed E-state index contributed by atoms with van der Waals surface area (Å²) in [5.41, 5.74) is 0. The van der Waals surface area contributed by atoms with Crippen LogP contribution in [0.15, 0.2) is 24.0 Å². The number of allylic oxidation sites excluding steroid dienone is 1. The van der Waals surface area contributed by atoms with Gasteiger partial charge in [-0.1, -0.05) is 29.4 Å². The lowest BCUT2D eigenvalue weighted by atomic mass is 10.4. The Morgan fingerprint density at radius 3 is 2.90 bits per heavy atom. The van der Waals surface area contributed by atoms with E-state index in [0.29, 0.717) is 11.1 Å². The van der Waals surface area contributed by atoms with Gasteiger partial charge in [0, 0.05) is 19.5 Å². The highest BCUT2D eigenvalue weighted by molar-refractivity contribution is 7.98. The van der Waals surface area contributed by atoms with Crippen molar-refractivity contribution in [3.05, 3.63) is 35.7 Å². The lowest BCUT2D eigenvalue weighted by Crippen LogP contribution is -2.03. The van der Waals surface area contributed by atoms with Gasteiger partial charge in [0.05, 0.1) is 11.9 Å². The maximum Gasteiger partial charge on any atom is 0.191 e. The van der Waals surface area contributed by atoms with E-state index in [0.717, 1.165) is 29.1 Å². The van der Waals surface area contributed by atoms with E-state index >= 15 is 0 Å². The third kappa shape index (κ3) is 2.62. The average Bonchev–Trinajstić information content (AvgIpc) is 3.14. The van der Waals surface area contributed by atoms with E-state index in [1.54, 1.807) is 18.0 Å². The van der Waals surface area contributed by atoms with Crippen LogP contribution >= 0.6 is 23.4 Å². The molecule has 2 aromatic rings. The molecule has 0 amide bonds. The van der Waals surface area contributed by atoms with E-state index in [2.05, 4.69) is 26.3 Å². The monoisotopic (exact) mass is 309 g/mol. The van der Waals surface area contributed by atoms with Crippen molar-refractivity contribution >= 4 is 23.4 Å². The zero-order valence-corrected chi connectivity index (χ0v) is 12.9. The standard InChI is InChI=1S/C13H16ClN5S/c1-3-6-19-12(9-4-5-9)16-17-13(19)20-8-11-15-7-10(14)18(11)2/h3,7,9H,1,4-6,8H2,2H3. The smallest absolute Gasteiger partial charge is 0.191 e. The van der Waals surface area contributed by atoms with Crippen LogP contribution in [0.3, 0.4) is 0 Å². The van der Waals surface area contributed by atoms with Crippen LogP contribution < -0.4 is 0 Å². The molecule has 1 aliphatic carbocycles. The Balaban J connectivity index is 1.76. The van der Waals surface area contributed by atoms with Crippen molar-refractivity contribution < 1.29 is 0 Å². The minimum absolute atomic E-state index is 0.583. The van der Waals surface area contributed by atoms with Crippen molar-refractivity contribution in [2.45, 2.75) is 36.2 Å². The second-order valence-electron chi connectivity index (χ2n) is 4.86. The summed E-state index contributed by atoms with van der Waals surface area (Å²) in [4.78, 5) is 4.29. The lowest BCUT2D eigenvalue weighted by molar-refractivity contribution is 0.681. The minimum Gasteiger partial charge on any atom is -0.322 e. The maximum atomic E-state index is 5.99. The summed E-state index contributed by atoms with van der Waals surface area (Å²) in [7, 11) is 1.91. The van der Waals surface area contributed by atoms with Crippen molar-refractivity contribution in [3.8, 4) is 0 Å². The van der Waals surface area contributed by atoms with Gasteiger partial charge in [-0.2, -0.15) is 0 Å². The van der Waals surface area contributed by atoms with Gasteiger partial charge < -0.3 is 9.13 Å². The zero-order valence-electron chi connectivity index (χ0n) is 11.3. The van der Waals surface area contributed by atoms with Crippen molar-refractivity contribution in [1.82, 2.24) is 24.3 Å². The molecule has 1 saturated carbocycles. The summed E-state index contributed by atoms with van der Waals surface area (Å²) < 4.78 is 4.03. The Morgan fingerprint density at radius 2 is 2.30 bits per heavy atom. The molecule has 0 saturated heterocycles. The molecule has 1 fully saturated rings. The Hall–Kier alpha value is -1.27. The van der Waals surface area contributed by atoms with Gasteiger partial charge in [0.1, 0.15) is 16.8 Å². The van der Waals surface area contributed by atoms with E-state index in [-0.39, 0.29) is 0 Å². The fraction of sp³-hybridized carbons (Fsp3) is 0.462. The average molecular weight is 310 g/mol. The van der Waals surface area contributed by atoms with Gasteiger partial charge in [0.2, 0.25) is 0 Å². The van der Waals surface area contributed by atoms with E-state index in [4.69, 9.17) is 11.6 Å². The molecule has 2 heterocycles. The molecule has 0 radical (unpaired) electrons. The molecule has 0 aromatic carbocycles. The summed E-state index contributed by atoms with van der Waals surface area (Å²) in [6, 6.07) is 0. The van der Waals surface area contributed by atoms with Crippen LogP contribution in [0.25, 0.3) is 0 Å². The van der Waals surface area contributed by atoms with Gasteiger partial charge in [-0.25, -0.2) is 4.98 Å². The van der Waals surface area contributed by atoms with E-state index in [1.165, 1.54) is 12.8 Å². The largest absolute Gasteiger partial charge is 0.322 e. The van der Waals surface area contributed by atoms with E-state index in [1.807, 2.05) is 17.7 Å². The first-order chi connectivity index (χ1) is 9.70. The number of nitrogens with zero attached hydrogens (tertiary/aromatic N) is 5. The highest BCUT2D eigenvalue weighted by Gasteiger charge is 2.30. The molecule has 0 atom stereocenters. The number of hydrogen-bond donors (Lipinski definition) is 0.